The molecule has 1 aromatic heterocycles. The highest BCUT2D eigenvalue weighted by atomic mass is 14.8. The first kappa shape index (κ1) is 8.75. The summed E-state index contributed by atoms with van der Waals surface area (Å²) in [4.78, 5) is 7.60. The van der Waals surface area contributed by atoms with Gasteiger partial charge >= 0.3 is 0 Å². The van der Waals surface area contributed by atoms with Crippen molar-refractivity contribution in [1.29, 1.82) is 0 Å². The van der Waals surface area contributed by atoms with Crippen molar-refractivity contribution in [3.05, 3.63) is 36.5 Å². The third-order valence-electron chi connectivity index (χ3n) is 2.17. The van der Waals surface area contributed by atoms with Crippen LogP contribution in [-0.4, -0.2) is 11.2 Å². The van der Waals surface area contributed by atoms with E-state index in [-0.39, 0.29) is 0 Å². The van der Waals surface area contributed by atoms with Gasteiger partial charge in [0.15, 0.2) is 0 Å². The molecule has 0 saturated heterocycles. The second-order valence-corrected chi connectivity index (χ2v) is 3.02. The molecular formula is C12H12N2. The largest absolute Gasteiger partial charge is 0.353 e. The fourth-order valence-electron chi connectivity index (χ4n) is 1.56. The molecule has 2 heteroatoms. The van der Waals surface area contributed by atoms with Gasteiger partial charge in [0.05, 0.1) is 11.4 Å². The number of rotatable bonds is 2. The predicted octanol–water partition coefficient (Wildman–Crippen LogP) is 3.53. The smallest absolute Gasteiger partial charge is 0.0953 e. The van der Waals surface area contributed by atoms with E-state index in [1.165, 1.54) is 0 Å². The molecule has 1 aromatic carbocycles. The van der Waals surface area contributed by atoms with Crippen LogP contribution in [0.4, 0.5) is 5.69 Å². The molecule has 2 nitrogen and oxygen atoms in total. The molecule has 0 fully saturated rings. The molecule has 1 N–H and O–H groups in total. The molecule has 14 heavy (non-hydrogen) atoms. The van der Waals surface area contributed by atoms with Crippen LogP contribution in [0.1, 0.15) is 12.6 Å². The summed E-state index contributed by atoms with van der Waals surface area (Å²) in [6, 6.07) is 8.11. The Balaban J connectivity index is 2.80. The molecule has 0 amide bonds. The van der Waals surface area contributed by atoms with Gasteiger partial charge in [0, 0.05) is 17.1 Å². The number of hydrogen-bond acceptors (Lipinski definition) is 1. The molecule has 0 atom stereocenters. The molecule has 70 valence electrons. The number of nitrogens with one attached hydrogen (secondary N) is 1. The first-order chi connectivity index (χ1) is 6.86. The number of benzene rings is 1. The molecule has 0 unspecified atom stereocenters. The molecule has 0 aliphatic heterocycles. The first-order valence-electron chi connectivity index (χ1n) is 4.58. The van der Waals surface area contributed by atoms with E-state index in [1.54, 1.807) is 12.3 Å². The van der Waals surface area contributed by atoms with Crippen LogP contribution in [-0.2, 0) is 0 Å². The molecular weight excluding hydrogens is 172 g/mol. The Labute approximate surface area is 83.0 Å². The van der Waals surface area contributed by atoms with Crippen molar-refractivity contribution >= 4 is 28.9 Å². The number of hydrogen-bond donors (Lipinski definition) is 1. The van der Waals surface area contributed by atoms with Crippen LogP contribution in [0.5, 0.6) is 0 Å². The Hall–Kier alpha value is -1.83. The molecule has 0 radical (unpaired) electrons. The van der Waals surface area contributed by atoms with Crippen molar-refractivity contribution in [2.75, 3.05) is 0 Å². The Morgan fingerprint density at radius 3 is 2.86 bits per heavy atom. The van der Waals surface area contributed by atoms with Gasteiger partial charge in [-0.05, 0) is 19.1 Å². The van der Waals surface area contributed by atoms with Crippen LogP contribution in [0.15, 0.2) is 35.8 Å². The molecule has 1 heterocycles. The van der Waals surface area contributed by atoms with Crippen LogP contribution < -0.4 is 0 Å². The highest BCUT2D eigenvalue weighted by Crippen LogP contribution is 2.30. The standard InChI is InChI=1S/C12H12N2/c1-3-10-12(13-4-2)9-7-5-6-8-11(9)14-10/h3-8,14H,1H2,2H3. The van der Waals surface area contributed by atoms with Gasteiger partial charge in [0.1, 0.15) is 0 Å². The summed E-state index contributed by atoms with van der Waals surface area (Å²) >= 11 is 0. The summed E-state index contributed by atoms with van der Waals surface area (Å²) < 4.78 is 0. The number of nitrogens with zero attached hydrogens (tertiary/aromatic N) is 1. The highest BCUT2D eigenvalue weighted by molar-refractivity contribution is 5.96. The summed E-state index contributed by atoms with van der Waals surface area (Å²) in [5, 5.41) is 1.14. The number of fused-ring (bicyclic) bond motifs is 1. The van der Waals surface area contributed by atoms with Crippen molar-refractivity contribution in [1.82, 2.24) is 4.98 Å². The Bertz CT molecular complexity index is 492. The molecule has 0 spiro atoms. The molecule has 2 aromatic rings. The van der Waals surface area contributed by atoms with Crippen LogP contribution >= 0.6 is 0 Å². The van der Waals surface area contributed by atoms with Crippen LogP contribution in [0, 0.1) is 0 Å². The van der Waals surface area contributed by atoms with E-state index in [9.17, 15) is 0 Å². The van der Waals surface area contributed by atoms with E-state index in [1.807, 2.05) is 25.1 Å². The van der Waals surface area contributed by atoms with E-state index in [0.29, 0.717) is 0 Å². The molecule has 0 aliphatic rings. The van der Waals surface area contributed by atoms with Crippen molar-refractivity contribution in [3.63, 3.8) is 0 Å². The molecule has 2 rings (SSSR count). The SMILES string of the molecule is C=Cc1[nH]c2ccccc2c1N=CC. The van der Waals surface area contributed by atoms with Gasteiger partial charge in [0.25, 0.3) is 0 Å². The quantitative estimate of drug-likeness (QED) is 0.691. The third kappa shape index (κ3) is 1.25. The van der Waals surface area contributed by atoms with Crippen molar-refractivity contribution in [2.24, 2.45) is 4.99 Å². The molecule has 0 bridgehead atoms. The van der Waals surface area contributed by atoms with E-state index >= 15 is 0 Å². The predicted molar refractivity (Wildman–Crippen MR) is 62.2 cm³/mol. The minimum Gasteiger partial charge on any atom is -0.353 e. The lowest BCUT2D eigenvalue weighted by molar-refractivity contribution is 1.41. The van der Waals surface area contributed by atoms with Crippen molar-refractivity contribution < 1.29 is 0 Å². The van der Waals surface area contributed by atoms with Gasteiger partial charge in [-0.3, -0.25) is 4.99 Å². The normalized spacial score (nSPS) is 11.2. The Morgan fingerprint density at radius 2 is 2.14 bits per heavy atom. The third-order valence-corrected chi connectivity index (χ3v) is 2.17. The Morgan fingerprint density at radius 1 is 1.36 bits per heavy atom. The monoisotopic (exact) mass is 184 g/mol. The fraction of sp³-hybridized carbons (Fsp3) is 0.0833. The van der Waals surface area contributed by atoms with Crippen molar-refractivity contribution in [3.8, 4) is 0 Å². The van der Waals surface area contributed by atoms with E-state index in [4.69, 9.17) is 0 Å². The number of aromatic nitrogens is 1. The first-order valence-corrected chi connectivity index (χ1v) is 4.58. The number of aliphatic imine (C=N–C) groups is 1. The van der Waals surface area contributed by atoms with E-state index in [0.717, 1.165) is 22.3 Å². The topological polar surface area (TPSA) is 28.1 Å². The second kappa shape index (κ2) is 3.50. The highest BCUT2D eigenvalue weighted by Gasteiger charge is 2.05. The van der Waals surface area contributed by atoms with Crippen LogP contribution in [0.2, 0.25) is 0 Å². The minimum atomic E-state index is 0.970. The van der Waals surface area contributed by atoms with Gasteiger partial charge in [-0.2, -0.15) is 0 Å². The maximum absolute atomic E-state index is 4.34. The molecule has 0 saturated carbocycles. The van der Waals surface area contributed by atoms with Crippen molar-refractivity contribution in [2.45, 2.75) is 6.92 Å². The van der Waals surface area contributed by atoms with Crippen LogP contribution in [0.3, 0.4) is 0 Å². The van der Waals surface area contributed by atoms with Gasteiger partial charge in [0.2, 0.25) is 0 Å². The zero-order valence-electron chi connectivity index (χ0n) is 8.12. The maximum Gasteiger partial charge on any atom is 0.0953 e. The average Bonchev–Trinajstić information content (AvgIpc) is 2.58. The minimum absolute atomic E-state index is 0.970. The second-order valence-electron chi connectivity index (χ2n) is 3.02. The molecule has 0 aliphatic carbocycles. The Kier molecular flexibility index (Phi) is 2.19. The maximum atomic E-state index is 4.34. The summed E-state index contributed by atoms with van der Waals surface area (Å²) in [7, 11) is 0. The fourth-order valence-corrected chi connectivity index (χ4v) is 1.56. The van der Waals surface area contributed by atoms with Gasteiger partial charge < -0.3 is 4.98 Å². The summed E-state index contributed by atoms with van der Waals surface area (Å²) in [5.74, 6) is 0. The summed E-state index contributed by atoms with van der Waals surface area (Å²) in [5.41, 5.74) is 3.05. The zero-order chi connectivity index (χ0) is 9.97. The average molecular weight is 184 g/mol. The van der Waals surface area contributed by atoms with Crippen LogP contribution in [0.25, 0.3) is 17.0 Å². The summed E-state index contributed by atoms with van der Waals surface area (Å²) in [6.07, 6.45) is 3.59. The lowest BCUT2D eigenvalue weighted by Gasteiger charge is -1.91. The van der Waals surface area contributed by atoms with E-state index < -0.39 is 0 Å². The number of H-pyrrole nitrogens is 1. The van der Waals surface area contributed by atoms with Gasteiger partial charge in [-0.25, -0.2) is 0 Å². The lowest BCUT2D eigenvalue weighted by atomic mass is 10.2. The number of aromatic amines is 1. The number of para-hydroxylation sites is 1. The van der Waals surface area contributed by atoms with Gasteiger partial charge in [-0.15, -0.1) is 0 Å². The summed E-state index contributed by atoms with van der Waals surface area (Å²) in [6.45, 7) is 5.68. The van der Waals surface area contributed by atoms with Gasteiger partial charge in [-0.1, -0.05) is 24.8 Å². The van der Waals surface area contributed by atoms with E-state index in [2.05, 4.69) is 22.6 Å². The zero-order valence-corrected chi connectivity index (χ0v) is 8.12. The lowest BCUT2D eigenvalue weighted by Crippen LogP contribution is -1.69.